The van der Waals surface area contributed by atoms with Gasteiger partial charge < -0.3 is 15.3 Å². The molecule has 98 valence electrons. The van der Waals surface area contributed by atoms with Crippen molar-refractivity contribution in [3.05, 3.63) is 35.9 Å². The molecular formula is C15H22N2O. The third-order valence-electron chi connectivity index (χ3n) is 4.39. The van der Waals surface area contributed by atoms with Crippen LogP contribution in [-0.2, 0) is 0 Å². The van der Waals surface area contributed by atoms with Crippen LogP contribution in [0, 0.1) is 5.92 Å². The van der Waals surface area contributed by atoms with E-state index in [2.05, 4.69) is 10.2 Å². The van der Waals surface area contributed by atoms with Crippen LogP contribution in [0.25, 0.3) is 0 Å². The number of nitrogens with one attached hydrogen (secondary N) is 1. The number of hydrogen-bond donors (Lipinski definition) is 2. The Morgan fingerprint density at radius 3 is 2.83 bits per heavy atom. The Labute approximate surface area is 109 Å². The summed E-state index contributed by atoms with van der Waals surface area (Å²) in [6, 6.07) is 10.5. The number of nitrogens with zero attached hydrogens (tertiary/aromatic N) is 1. The maximum atomic E-state index is 10.1. The molecule has 4 unspecified atom stereocenters. The first-order valence-corrected chi connectivity index (χ1v) is 7.01. The van der Waals surface area contributed by atoms with Gasteiger partial charge in [-0.2, -0.15) is 0 Å². The second kappa shape index (κ2) is 5.39. The summed E-state index contributed by atoms with van der Waals surface area (Å²) >= 11 is 0. The van der Waals surface area contributed by atoms with Crippen molar-refractivity contribution in [2.75, 3.05) is 26.2 Å². The fourth-order valence-electron chi connectivity index (χ4n) is 3.28. The summed E-state index contributed by atoms with van der Waals surface area (Å²) in [5, 5.41) is 13.7. The lowest BCUT2D eigenvalue weighted by Crippen LogP contribution is -2.45. The molecular weight excluding hydrogens is 224 g/mol. The molecule has 0 radical (unpaired) electrons. The number of piperidine rings is 1. The van der Waals surface area contributed by atoms with Gasteiger partial charge in [-0.1, -0.05) is 30.3 Å². The first kappa shape index (κ1) is 12.2. The normalized spacial score (nSPS) is 32.4. The fraction of sp³-hybridized carbons (Fsp3) is 0.600. The molecule has 3 rings (SSSR count). The highest BCUT2D eigenvalue weighted by atomic mass is 16.3. The summed E-state index contributed by atoms with van der Waals surface area (Å²) in [6.45, 7) is 4.41. The number of hydrogen-bond acceptors (Lipinski definition) is 3. The third kappa shape index (κ3) is 2.58. The van der Waals surface area contributed by atoms with Crippen LogP contribution in [0.4, 0.5) is 0 Å². The number of benzene rings is 1. The van der Waals surface area contributed by atoms with Crippen LogP contribution in [0.1, 0.15) is 24.5 Å². The molecule has 3 heteroatoms. The Kier molecular flexibility index (Phi) is 3.64. The predicted octanol–water partition coefficient (Wildman–Crippen LogP) is 1.40. The van der Waals surface area contributed by atoms with Gasteiger partial charge in [-0.25, -0.2) is 0 Å². The smallest absolute Gasteiger partial charge is 0.0914 e. The monoisotopic (exact) mass is 246 g/mol. The maximum absolute atomic E-state index is 10.1. The molecule has 18 heavy (non-hydrogen) atoms. The molecule has 4 atom stereocenters. The number of fused-ring (bicyclic) bond motifs is 2. The van der Waals surface area contributed by atoms with E-state index in [-0.39, 0.29) is 6.10 Å². The van der Waals surface area contributed by atoms with Crippen molar-refractivity contribution in [2.45, 2.75) is 25.0 Å². The van der Waals surface area contributed by atoms with E-state index in [0.29, 0.717) is 12.6 Å². The molecule has 0 saturated carbocycles. The minimum atomic E-state index is -0.384. The molecule has 1 aromatic carbocycles. The molecule has 0 aromatic heterocycles. The molecule has 0 aliphatic carbocycles. The third-order valence-corrected chi connectivity index (χ3v) is 4.39. The highest BCUT2D eigenvalue weighted by molar-refractivity contribution is 5.17. The average Bonchev–Trinajstić information content (AvgIpc) is 2.81. The van der Waals surface area contributed by atoms with Crippen LogP contribution in [0.3, 0.4) is 0 Å². The zero-order valence-electron chi connectivity index (χ0n) is 10.8. The Morgan fingerprint density at radius 1 is 1.22 bits per heavy atom. The second-order valence-electron chi connectivity index (χ2n) is 5.58. The van der Waals surface area contributed by atoms with Gasteiger partial charge in [0.1, 0.15) is 0 Å². The second-order valence-corrected chi connectivity index (χ2v) is 5.58. The highest BCUT2D eigenvalue weighted by Crippen LogP contribution is 2.27. The average molecular weight is 246 g/mol. The van der Waals surface area contributed by atoms with E-state index in [0.717, 1.165) is 11.5 Å². The summed E-state index contributed by atoms with van der Waals surface area (Å²) in [5.74, 6) is 0.793. The van der Waals surface area contributed by atoms with Gasteiger partial charge in [0, 0.05) is 19.1 Å². The van der Waals surface area contributed by atoms with E-state index in [1.807, 2.05) is 30.3 Å². The van der Waals surface area contributed by atoms with Crippen molar-refractivity contribution in [3.8, 4) is 0 Å². The first-order valence-electron chi connectivity index (χ1n) is 7.01. The van der Waals surface area contributed by atoms with Gasteiger partial charge in [-0.05, 0) is 37.4 Å². The largest absolute Gasteiger partial charge is 0.387 e. The summed E-state index contributed by atoms with van der Waals surface area (Å²) < 4.78 is 0. The van der Waals surface area contributed by atoms with Gasteiger partial charge in [0.05, 0.1) is 6.10 Å². The van der Waals surface area contributed by atoms with E-state index in [9.17, 15) is 5.11 Å². The molecule has 3 nitrogen and oxygen atoms in total. The van der Waals surface area contributed by atoms with Crippen molar-refractivity contribution >= 4 is 0 Å². The molecule has 2 aliphatic rings. The van der Waals surface area contributed by atoms with E-state index in [1.165, 1.54) is 32.5 Å². The van der Waals surface area contributed by atoms with Crippen LogP contribution in [0.15, 0.2) is 30.3 Å². The van der Waals surface area contributed by atoms with E-state index >= 15 is 0 Å². The SMILES string of the molecule is OC(CNC1CCN2CCC1C2)c1ccccc1. The standard InChI is InChI=1S/C15H22N2O/c18-15(12-4-2-1-3-5-12)10-16-14-7-9-17-8-6-13(14)11-17/h1-5,13-16,18H,6-11H2. The lowest BCUT2D eigenvalue weighted by molar-refractivity contribution is 0.152. The Balaban J connectivity index is 1.52. The summed E-state index contributed by atoms with van der Waals surface area (Å²) in [6.07, 6.45) is 2.16. The molecule has 2 heterocycles. The number of aliphatic hydroxyl groups excluding tert-OH is 1. The van der Waals surface area contributed by atoms with Gasteiger partial charge in [-0.3, -0.25) is 0 Å². The van der Waals surface area contributed by atoms with Crippen molar-refractivity contribution in [2.24, 2.45) is 5.92 Å². The van der Waals surface area contributed by atoms with Gasteiger partial charge in [-0.15, -0.1) is 0 Å². The number of rotatable bonds is 4. The number of aliphatic hydroxyl groups is 1. The predicted molar refractivity (Wildman–Crippen MR) is 72.4 cm³/mol. The summed E-state index contributed by atoms with van der Waals surface area (Å²) in [4.78, 5) is 2.55. The molecule has 2 aliphatic heterocycles. The van der Waals surface area contributed by atoms with Crippen LogP contribution in [0.5, 0.6) is 0 Å². The zero-order chi connectivity index (χ0) is 12.4. The molecule has 2 fully saturated rings. The van der Waals surface area contributed by atoms with E-state index in [1.54, 1.807) is 0 Å². The molecule has 2 N–H and O–H groups in total. The van der Waals surface area contributed by atoms with E-state index < -0.39 is 0 Å². The minimum Gasteiger partial charge on any atom is -0.387 e. The summed E-state index contributed by atoms with van der Waals surface area (Å²) in [7, 11) is 0. The van der Waals surface area contributed by atoms with Crippen LogP contribution >= 0.6 is 0 Å². The lowest BCUT2D eigenvalue weighted by Gasteiger charge is -2.31. The van der Waals surface area contributed by atoms with Crippen LogP contribution in [0.2, 0.25) is 0 Å². The summed E-state index contributed by atoms with van der Waals surface area (Å²) in [5.41, 5.74) is 1.01. The van der Waals surface area contributed by atoms with Crippen LogP contribution in [-0.4, -0.2) is 42.2 Å². The van der Waals surface area contributed by atoms with Gasteiger partial charge in [0.15, 0.2) is 0 Å². The van der Waals surface area contributed by atoms with E-state index in [4.69, 9.17) is 0 Å². The van der Waals surface area contributed by atoms with Crippen molar-refractivity contribution in [1.82, 2.24) is 10.2 Å². The highest BCUT2D eigenvalue weighted by Gasteiger charge is 2.33. The zero-order valence-corrected chi connectivity index (χ0v) is 10.8. The Morgan fingerprint density at radius 2 is 2.00 bits per heavy atom. The fourth-order valence-corrected chi connectivity index (χ4v) is 3.28. The van der Waals surface area contributed by atoms with Gasteiger partial charge >= 0.3 is 0 Å². The molecule has 2 saturated heterocycles. The minimum absolute atomic E-state index is 0.384. The van der Waals surface area contributed by atoms with Gasteiger partial charge in [0.25, 0.3) is 0 Å². The topological polar surface area (TPSA) is 35.5 Å². The molecule has 1 aromatic rings. The van der Waals surface area contributed by atoms with Gasteiger partial charge in [0.2, 0.25) is 0 Å². The quantitative estimate of drug-likeness (QED) is 0.843. The van der Waals surface area contributed by atoms with Crippen LogP contribution < -0.4 is 5.32 Å². The Hall–Kier alpha value is -0.900. The lowest BCUT2D eigenvalue weighted by atomic mass is 9.94. The molecule has 2 bridgehead atoms. The molecule has 0 amide bonds. The maximum Gasteiger partial charge on any atom is 0.0914 e. The molecule has 0 spiro atoms. The van der Waals surface area contributed by atoms with Crippen molar-refractivity contribution in [1.29, 1.82) is 0 Å². The van der Waals surface area contributed by atoms with Crippen molar-refractivity contribution < 1.29 is 5.11 Å². The van der Waals surface area contributed by atoms with Crippen molar-refractivity contribution in [3.63, 3.8) is 0 Å². The first-order chi connectivity index (χ1) is 8.83. The Bertz CT molecular complexity index is 381.